The van der Waals surface area contributed by atoms with Crippen molar-refractivity contribution in [1.82, 2.24) is 9.97 Å². The van der Waals surface area contributed by atoms with Crippen LogP contribution in [0, 0.1) is 0 Å². The minimum atomic E-state index is -0.101. The summed E-state index contributed by atoms with van der Waals surface area (Å²) in [5.41, 5.74) is 17.2. The largest absolute Gasteiger partial charge is 0.228 e. The first-order chi connectivity index (χ1) is 31.0. The van der Waals surface area contributed by atoms with E-state index in [1.807, 2.05) is 0 Å². The highest BCUT2D eigenvalue weighted by molar-refractivity contribution is 6.20. The van der Waals surface area contributed by atoms with Gasteiger partial charge in [-0.15, -0.1) is 0 Å². The Balaban J connectivity index is 1.03. The molecule has 0 amide bonds. The number of nitrogens with zero attached hydrogens (tertiary/aromatic N) is 2. The second kappa shape index (κ2) is 14.6. The Kier molecular flexibility index (Phi) is 8.55. The van der Waals surface area contributed by atoms with Gasteiger partial charge >= 0.3 is 0 Å². The maximum atomic E-state index is 5.44. The number of rotatable bonds is 6. The number of hydrogen-bond acceptors (Lipinski definition) is 2. The van der Waals surface area contributed by atoms with Gasteiger partial charge in [-0.05, 0) is 100 Å². The standard InChI is InChI=1S/C61H42N2/c1-61(2)54-25-13-12-23-52(54)59-50(24-14-26-55(59)61)48-21-10-11-22-49(48)57-38-56(42-29-27-40(28-30-42)39-15-4-3-5-16-39)62-60(63-57)44-33-31-43(32-34-44)58-47-20-9-7-18-45(47)37-53-46-19-8-6-17-41(46)35-36-51(53)58/h3-38H,1-2H3. The third-order valence-electron chi connectivity index (χ3n) is 13.3. The maximum Gasteiger partial charge on any atom is 0.160 e. The molecule has 1 aliphatic rings. The van der Waals surface area contributed by atoms with Crippen molar-refractivity contribution < 1.29 is 0 Å². The monoisotopic (exact) mass is 802 g/mol. The van der Waals surface area contributed by atoms with Crippen LogP contribution in [-0.4, -0.2) is 9.97 Å². The van der Waals surface area contributed by atoms with Crippen molar-refractivity contribution in [2.75, 3.05) is 0 Å². The Bertz CT molecular complexity index is 3560. The molecule has 12 rings (SSSR count). The SMILES string of the molecule is CC1(C)c2ccccc2-c2c(-c3ccccc3-c3cc(-c4ccc(-c5ccccc5)cc4)nc(-c4ccc(-c5c6ccccc6cc6c5ccc5ccccc56)cc4)n3)cccc21. The van der Waals surface area contributed by atoms with Crippen LogP contribution < -0.4 is 0 Å². The molecule has 1 aliphatic carbocycles. The van der Waals surface area contributed by atoms with E-state index in [1.165, 1.54) is 76.8 Å². The summed E-state index contributed by atoms with van der Waals surface area (Å²) < 4.78 is 0. The van der Waals surface area contributed by atoms with Crippen molar-refractivity contribution >= 4 is 32.3 Å². The lowest BCUT2D eigenvalue weighted by atomic mass is 9.81. The average Bonchev–Trinajstić information content (AvgIpc) is 3.59. The summed E-state index contributed by atoms with van der Waals surface area (Å²) in [5.74, 6) is 0.689. The molecule has 0 aliphatic heterocycles. The fourth-order valence-corrected chi connectivity index (χ4v) is 10.2. The summed E-state index contributed by atoms with van der Waals surface area (Å²) in [7, 11) is 0. The van der Waals surface area contributed by atoms with E-state index in [9.17, 15) is 0 Å². The van der Waals surface area contributed by atoms with Crippen molar-refractivity contribution in [3.05, 3.63) is 230 Å². The topological polar surface area (TPSA) is 25.8 Å². The molecule has 0 unspecified atom stereocenters. The van der Waals surface area contributed by atoms with Gasteiger partial charge < -0.3 is 0 Å². The molecule has 0 N–H and O–H groups in total. The van der Waals surface area contributed by atoms with E-state index < -0.39 is 0 Å². The fourth-order valence-electron chi connectivity index (χ4n) is 10.2. The van der Waals surface area contributed by atoms with Crippen molar-refractivity contribution in [3.63, 3.8) is 0 Å². The molecule has 0 fully saturated rings. The molecule has 1 heterocycles. The predicted octanol–water partition coefficient (Wildman–Crippen LogP) is 16.2. The minimum absolute atomic E-state index is 0.101. The molecule has 2 nitrogen and oxygen atoms in total. The van der Waals surface area contributed by atoms with Crippen LogP contribution >= 0.6 is 0 Å². The second-order valence-corrected chi connectivity index (χ2v) is 17.3. The summed E-state index contributed by atoms with van der Waals surface area (Å²) in [5, 5.41) is 7.49. The molecule has 1 aromatic heterocycles. The first-order valence-corrected chi connectivity index (χ1v) is 21.8. The van der Waals surface area contributed by atoms with Crippen molar-refractivity contribution in [2.45, 2.75) is 19.3 Å². The molecule has 0 saturated heterocycles. The Hall–Kier alpha value is -7.94. The van der Waals surface area contributed by atoms with Crippen LogP contribution in [0.3, 0.4) is 0 Å². The molecule has 0 saturated carbocycles. The van der Waals surface area contributed by atoms with Gasteiger partial charge in [0.25, 0.3) is 0 Å². The van der Waals surface area contributed by atoms with Gasteiger partial charge in [0, 0.05) is 22.1 Å². The third-order valence-corrected chi connectivity index (χ3v) is 13.3. The van der Waals surface area contributed by atoms with E-state index in [0.717, 1.165) is 39.2 Å². The van der Waals surface area contributed by atoms with E-state index in [-0.39, 0.29) is 5.41 Å². The fraction of sp³-hybridized carbons (Fsp3) is 0.0492. The number of benzene rings is 10. The van der Waals surface area contributed by atoms with E-state index >= 15 is 0 Å². The zero-order valence-electron chi connectivity index (χ0n) is 35.2. The summed E-state index contributed by atoms with van der Waals surface area (Å²) in [6.07, 6.45) is 0. The molecular formula is C61H42N2. The molecule has 0 radical (unpaired) electrons. The normalized spacial score (nSPS) is 12.7. The number of aromatic nitrogens is 2. The van der Waals surface area contributed by atoms with Gasteiger partial charge in [0.05, 0.1) is 11.4 Å². The van der Waals surface area contributed by atoms with Crippen LogP contribution in [0.5, 0.6) is 0 Å². The smallest absolute Gasteiger partial charge is 0.160 e. The molecule has 0 spiro atoms. The van der Waals surface area contributed by atoms with E-state index in [0.29, 0.717) is 5.82 Å². The molecule has 296 valence electrons. The zero-order valence-corrected chi connectivity index (χ0v) is 35.2. The lowest BCUT2D eigenvalue weighted by molar-refractivity contribution is 0.660. The van der Waals surface area contributed by atoms with Crippen LogP contribution in [0.1, 0.15) is 25.0 Å². The lowest BCUT2D eigenvalue weighted by Crippen LogP contribution is -2.14. The molecule has 63 heavy (non-hydrogen) atoms. The highest BCUT2D eigenvalue weighted by Crippen LogP contribution is 2.53. The molecule has 0 atom stereocenters. The van der Waals surface area contributed by atoms with Crippen molar-refractivity contribution in [1.29, 1.82) is 0 Å². The average molecular weight is 803 g/mol. The van der Waals surface area contributed by atoms with E-state index in [4.69, 9.17) is 9.97 Å². The van der Waals surface area contributed by atoms with Crippen molar-refractivity contribution in [2.24, 2.45) is 0 Å². The Morgan fingerprint density at radius 3 is 1.68 bits per heavy atom. The Labute approximate surface area is 367 Å². The van der Waals surface area contributed by atoms with Gasteiger partial charge in [0.15, 0.2) is 5.82 Å². The second-order valence-electron chi connectivity index (χ2n) is 17.3. The maximum absolute atomic E-state index is 5.44. The number of hydrogen-bond donors (Lipinski definition) is 0. The van der Waals surface area contributed by atoms with Crippen LogP contribution in [0.2, 0.25) is 0 Å². The van der Waals surface area contributed by atoms with Gasteiger partial charge in [-0.3, -0.25) is 0 Å². The quantitative estimate of drug-likeness (QED) is 0.124. The van der Waals surface area contributed by atoms with Crippen LogP contribution in [0.25, 0.3) is 111 Å². The van der Waals surface area contributed by atoms with Crippen molar-refractivity contribution in [3.8, 4) is 78.4 Å². The first-order valence-electron chi connectivity index (χ1n) is 21.8. The molecule has 11 aromatic rings. The highest BCUT2D eigenvalue weighted by Gasteiger charge is 2.36. The van der Waals surface area contributed by atoms with Gasteiger partial charge in [0.1, 0.15) is 0 Å². The van der Waals surface area contributed by atoms with Gasteiger partial charge in [-0.25, -0.2) is 9.97 Å². The molecular weight excluding hydrogens is 761 g/mol. The zero-order chi connectivity index (χ0) is 42.1. The highest BCUT2D eigenvalue weighted by atomic mass is 14.9. The van der Waals surface area contributed by atoms with E-state index in [2.05, 4.69) is 232 Å². The summed E-state index contributed by atoms with van der Waals surface area (Å²) in [6, 6.07) is 79.1. The van der Waals surface area contributed by atoms with Gasteiger partial charge in [-0.1, -0.05) is 220 Å². The van der Waals surface area contributed by atoms with Crippen LogP contribution in [0.4, 0.5) is 0 Å². The predicted molar refractivity (Wildman–Crippen MR) is 265 cm³/mol. The van der Waals surface area contributed by atoms with E-state index in [1.54, 1.807) is 0 Å². The third kappa shape index (κ3) is 6.09. The Morgan fingerprint density at radius 1 is 0.302 bits per heavy atom. The summed E-state index contributed by atoms with van der Waals surface area (Å²) in [4.78, 5) is 10.8. The molecule has 0 bridgehead atoms. The minimum Gasteiger partial charge on any atom is -0.228 e. The first kappa shape index (κ1) is 36.9. The number of fused-ring (bicyclic) bond motifs is 7. The van der Waals surface area contributed by atoms with Gasteiger partial charge in [-0.2, -0.15) is 0 Å². The molecule has 2 heteroatoms. The summed E-state index contributed by atoms with van der Waals surface area (Å²) >= 11 is 0. The summed E-state index contributed by atoms with van der Waals surface area (Å²) in [6.45, 7) is 4.69. The lowest BCUT2D eigenvalue weighted by Gasteiger charge is -2.22. The van der Waals surface area contributed by atoms with Crippen LogP contribution in [-0.2, 0) is 5.41 Å². The molecule has 10 aromatic carbocycles. The van der Waals surface area contributed by atoms with Gasteiger partial charge in [0.2, 0.25) is 0 Å². The van der Waals surface area contributed by atoms with Crippen LogP contribution in [0.15, 0.2) is 218 Å². The Morgan fingerprint density at radius 2 is 0.873 bits per heavy atom.